The molecule has 0 radical (unpaired) electrons. The summed E-state index contributed by atoms with van der Waals surface area (Å²) in [4.78, 5) is 25.0. The maximum atomic E-state index is 13.7. The van der Waals surface area contributed by atoms with Crippen LogP contribution in [0.5, 0.6) is 0 Å². The molecule has 3 rings (SSSR count). The molecule has 0 aliphatic heterocycles. The van der Waals surface area contributed by atoms with Gasteiger partial charge in [-0.15, -0.1) is 0 Å². The molecule has 136 valence electrons. The fraction of sp³-hybridized carbons (Fsp3) is 0.263. The van der Waals surface area contributed by atoms with E-state index in [0.717, 1.165) is 17.2 Å². The van der Waals surface area contributed by atoms with Gasteiger partial charge in [-0.1, -0.05) is 6.07 Å². The Morgan fingerprint density at radius 1 is 0.885 bits per heavy atom. The van der Waals surface area contributed by atoms with Gasteiger partial charge in [-0.05, 0) is 62.1 Å². The minimum Gasteiger partial charge on any atom is -0.325 e. The molecule has 7 heteroatoms. The minimum absolute atomic E-state index is 0.292. The van der Waals surface area contributed by atoms with Gasteiger partial charge < -0.3 is 10.6 Å². The predicted molar refractivity (Wildman–Crippen MR) is 91.2 cm³/mol. The molecule has 2 amide bonds. The van der Waals surface area contributed by atoms with Crippen LogP contribution < -0.4 is 10.6 Å². The van der Waals surface area contributed by atoms with Gasteiger partial charge in [0, 0.05) is 5.69 Å². The molecule has 26 heavy (non-hydrogen) atoms. The van der Waals surface area contributed by atoms with Gasteiger partial charge in [-0.2, -0.15) is 0 Å². The number of hydrogen-bond donors (Lipinski definition) is 2. The molecule has 2 aromatic carbocycles. The van der Waals surface area contributed by atoms with E-state index in [1.54, 1.807) is 12.1 Å². The number of anilines is 2. The van der Waals surface area contributed by atoms with Gasteiger partial charge in [-0.3, -0.25) is 9.59 Å². The van der Waals surface area contributed by atoms with Crippen molar-refractivity contribution in [1.82, 2.24) is 0 Å². The fourth-order valence-corrected chi connectivity index (χ4v) is 2.84. The van der Waals surface area contributed by atoms with Crippen LogP contribution in [0.25, 0.3) is 0 Å². The van der Waals surface area contributed by atoms with E-state index in [1.807, 2.05) is 19.9 Å². The number of rotatable bonds is 4. The van der Waals surface area contributed by atoms with E-state index in [-0.39, 0.29) is 0 Å². The highest BCUT2D eigenvalue weighted by atomic mass is 19.2. The lowest BCUT2D eigenvalue weighted by molar-refractivity contribution is -0.131. The van der Waals surface area contributed by atoms with Crippen LogP contribution in [0.1, 0.15) is 24.0 Å². The highest BCUT2D eigenvalue weighted by molar-refractivity contribution is 6.16. The number of amides is 2. The van der Waals surface area contributed by atoms with Crippen LogP contribution in [0.2, 0.25) is 0 Å². The van der Waals surface area contributed by atoms with Gasteiger partial charge in [-0.25, -0.2) is 13.2 Å². The summed E-state index contributed by atoms with van der Waals surface area (Å²) in [6, 6.07) is 7.12. The molecule has 2 aromatic rings. The van der Waals surface area contributed by atoms with Crippen molar-refractivity contribution >= 4 is 23.2 Å². The van der Waals surface area contributed by atoms with Crippen molar-refractivity contribution in [2.45, 2.75) is 26.7 Å². The molecule has 2 N–H and O–H groups in total. The van der Waals surface area contributed by atoms with E-state index >= 15 is 0 Å². The number of carbonyl (C=O) groups excluding carboxylic acids is 2. The topological polar surface area (TPSA) is 58.2 Å². The smallest absolute Gasteiger partial charge is 0.240 e. The van der Waals surface area contributed by atoms with Crippen molar-refractivity contribution < 1.29 is 22.8 Å². The van der Waals surface area contributed by atoms with Gasteiger partial charge >= 0.3 is 0 Å². The number of benzene rings is 2. The van der Waals surface area contributed by atoms with Crippen molar-refractivity contribution in [3.8, 4) is 0 Å². The molecule has 0 heterocycles. The third-order valence-electron chi connectivity index (χ3n) is 4.38. The van der Waals surface area contributed by atoms with Crippen LogP contribution in [0.15, 0.2) is 30.3 Å². The van der Waals surface area contributed by atoms with Crippen molar-refractivity contribution in [1.29, 1.82) is 0 Å². The summed E-state index contributed by atoms with van der Waals surface area (Å²) in [6.07, 6.45) is 0.585. The van der Waals surface area contributed by atoms with E-state index in [9.17, 15) is 22.8 Å². The quantitative estimate of drug-likeness (QED) is 0.636. The van der Waals surface area contributed by atoms with E-state index in [1.165, 1.54) is 0 Å². The Balaban J connectivity index is 1.76. The maximum Gasteiger partial charge on any atom is 0.240 e. The van der Waals surface area contributed by atoms with Crippen molar-refractivity contribution in [3.05, 3.63) is 58.9 Å². The Morgan fingerprint density at radius 2 is 1.46 bits per heavy atom. The number of aryl methyl sites for hydroxylation is 2. The largest absolute Gasteiger partial charge is 0.325 e. The molecule has 0 spiro atoms. The van der Waals surface area contributed by atoms with Crippen LogP contribution >= 0.6 is 0 Å². The number of hydrogen-bond acceptors (Lipinski definition) is 2. The molecule has 0 saturated heterocycles. The Hall–Kier alpha value is -2.83. The highest BCUT2D eigenvalue weighted by Gasteiger charge is 2.56. The number of halogens is 3. The molecule has 4 nitrogen and oxygen atoms in total. The second-order valence-corrected chi connectivity index (χ2v) is 6.59. The Kier molecular flexibility index (Phi) is 4.48. The van der Waals surface area contributed by atoms with Crippen LogP contribution in [0.3, 0.4) is 0 Å². The first kappa shape index (κ1) is 18.0. The predicted octanol–water partition coefficient (Wildman–Crippen LogP) is 4.08. The van der Waals surface area contributed by atoms with Gasteiger partial charge in [0.15, 0.2) is 17.5 Å². The minimum atomic E-state index is -1.67. The SMILES string of the molecule is Cc1cc(C)cc(NC(=O)C2(C(=O)Nc3ccc(F)c(F)c3F)CC2)c1. The van der Waals surface area contributed by atoms with Crippen molar-refractivity contribution in [2.75, 3.05) is 10.6 Å². The lowest BCUT2D eigenvalue weighted by Gasteiger charge is -2.16. The second-order valence-electron chi connectivity index (χ2n) is 6.59. The summed E-state index contributed by atoms with van der Waals surface area (Å²) >= 11 is 0. The zero-order valence-electron chi connectivity index (χ0n) is 14.3. The van der Waals surface area contributed by atoms with Crippen LogP contribution in [0.4, 0.5) is 24.5 Å². The Bertz CT molecular complexity index is 888. The molecule has 0 atom stereocenters. The van der Waals surface area contributed by atoms with E-state index in [0.29, 0.717) is 24.6 Å². The Morgan fingerprint density at radius 3 is 2.04 bits per heavy atom. The van der Waals surface area contributed by atoms with E-state index in [2.05, 4.69) is 10.6 Å². The second kappa shape index (κ2) is 6.48. The summed E-state index contributed by atoms with van der Waals surface area (Å²) in [6.45, 7) is 3.77. The fourth-order valence-electron chi connectivity index (χ4n) is 2.84. The van der Waals surface area contributed by atoms with Gasteiger partial charge in [0.1, 0.15) is 5.41 Å². The summed E-state index contributed by atoms with van der Waals surface area (Å²) in [7, 11) is 0. The first-order valence-electron chi connectivity index (χ1n) is 8.08. The van der Waals surface area contributed by atoms with E-state index < -0.39 is 40.4 Å². The molecule has 0 unspecified atom stereocenters. The summed E-state index contributed by atoms with van der Waals surface area (Å²) in [5.74, 6) is -5.78. The third-order valence-corrected chi connectivity index (χ3v) is 4.38. The zero-order chi connectivity index (χ0) is 19.1. The lowest BCUT2D eigenvalue weighted by atomic mass is 10.0. The maximum absolute atomic E-state index is 13.7. The summed E-state index contributed by atoms with van der Waals surface area (Å²) in [5, 5.41) is 4.89. The molecule has 1 fully saturated rings. The first-order chi connectivity index (χ1) is 12.2. The molecule has 0 bridgehead atoms. The first-order valence-corrected chi connectivity index (χ1v) is 8.08. The third kappa shape index (κ3) is 3.29. The standard InChI is InChI=1S/C19H17F3N2O2/c1-10-7-11(2)9-12(8-10)23-17(25)19(5-6-19)18(26)24-14-4-3-13(20)15(21)16(14)22/h3-4,7-9H,5-6H2,1-2H3,(H,23,25)(H,24,26). The average molecular weight is 362 g/mol. The summed E-state index contributed by atoms with van der Waals surface area (Å²) < 4.78 is 40.0. The Labute approximate surface area is 148 Å². The number of carbonyl (C=O) groups is 2. The molecule has 1 aliphatic carbocycles. The number of nitrogens with one attached hydrogen (secondary N) is 2. The molecular formula is C19H17F3N2O2. The summed E-state index contributed by atoms with van der Waals surface area (Å²) in [5.41, 5.74) is 0.636. The molecular weight excluding hydrogens is 345 g/mol. The van der Waals surface area contributed by atoms with Gasteiger partial charge in [0.2, 0.25) is 11.8 Å². The highest BCUT2D eigenvalue weighted by Crippen LogP contribution is 2.47. The monoisotopic (exact) mass is 362 g/mol. The normalized spacial score (nSPS) is 14.7. The molecule has 1 saturated carbocycles. The van der Waals surface area contributed by atoms with Gasteiger partial charge in [0.25, 0.3) is 0 Å². The van der Waals surface area contributed by atoms with Crippen LogP contribution in [-0.4, -0.2) is 11.8 Å². The zero-order valence-corrected chi connectivity index (χ0v) is 14.3. The average Bonchev–Trinajstić information content (AvgIpc) is 3.36. The van der Waals surface area contributed by atoms with Crippen LogP contribution in [0, 0.1) is 36.7 Å². The van der Waals surface area contributed by atoms with E-state index in [4.69, 9.17) is 0 Å². The van der Waals surface area contributed by atoms with Crippen LogP contribution in [-0.2, 0) is 9.59 Å². The lowest BCUT2D eigenvalue weighted by Crippen LogP contribution is -2.36. The van der Waals surface area contributed by atoms with Crippen molar-refractivity contribution in [2.24, 2.45) is 5.41 Å². The van der Waals surface area contributed by atoms with Gasteiger partial charge in [0.05, 0.1) is 5.69 Å². The molecule has 1 aliphatic rings. The molecule has 0 aromatic heterocycles. The van der Waals surface area contributed by atoms with Crippen molar-refractivity contribution in [3.63, 3.8) is 0 Å².